The highest BCUT2D eigenvalue weighted by molar-refractivity contribution is 5.33. The van der Waals surface area contributed by atoms with Crippen molar-refractivity contribution in [2.45, 2.75) is 32.9 Å². The van der Waals surface area contributed by atoms with Crippen molar-refractivity contribution in [1.82, 2.24) is 10.3 Å². The Morgan fingerprint density at radius 3 is 1.96 bits per heavy atom. The summed E-state index contributed by atoms with van der Waals surface area (Å²) in [4.78, 5) is 4.15. The average Bonchev–Trinajstić information content (AvgIpc) is 2.60. The minimum atomic E-state index is 0.144. The first-order chi connectivity index (χ1) is 11.6. The number of nitrogens with zero attached hydrogens (tertiary/aromatic N) is 1. The normalized spacial score (nSPS) is 13.5. The van der Waals surface area contributed by atoms with Crippen molar-refractivity contribution < 1.29 is 0 Å². The van der Waals surface area contributed by atoms with E-state index in [9.17, 15) is 0 Å². The predicted octanol–water partition coefficient (Wildman–Crippen LogP) is 5.14. The van der Waals surface area contributed by atoms with E-state index in [-0.39, 0.29) is 12.1 Å². The van der Waals surface area contributed by atoms with E-state index in [2.05, 4.69) is 91.7 Å². The zero-order valence-corrected chi connectivity index (χ0v) is 14.5. The number of aryl methyl sites for hydroxylation is 2. The number of pyridine rings is 1. The predicted molar refractivity (Wildman–Crippen MR) is 100.0 cm³/mol. The van der Waals surface area contributed by atoms with E-state index in [1.54, 1.807) is 0 Å². The summed E-state index contributed by atoms with van der Waals surface area (Å²) in [5, 5.41) is 3.79. The summed E-state index contributed by atoms with van der Waals surface area (Å²) in [7, 11) is 0. The summed E-state index contributed by atoms with van der Waals surface area (Å²) in [6.45, 7) is 6.53. The van der Waals surface area contributed by atoms with Crippen LogP contribution in [0.4, 0.5) is 0 Å². The van der Waals surface area contributed by atoms with Gasteiger partial charge in [0.15, 0.2) is 0 Å². The molecule has 2 nitrogen and oxygen atoms in total. The molecule has 1 aromatic heterocycles. The lowest BCUT2D eigenvalue weighted by Gasteiger charge is -2.25. The van der Waals surface area contributed by atoms with E-state index < -0.39 is 0 Å². The molecule has 2 heteroatoms. The van der Waals surface area contributed by atoms with Gasteiger partial charge in [0.25, 0.3) is 0 Å². The van der Waals surface area contributed by atoms with Gasteiger partial charge < -0.3 is 0 Å². The van der Waals surface area contributed by atoms with E-state index in [0.717, 1.165) is 0 Å². The molecular weight excluding hydrogens is 292 g/mol. The van der Waals surface area contributed by atoms with Crippen LogP contribution in [0.2, 0.25) is 0 Å². The zero-order valence-electron chi connectivity index (χ0n) is 14.5. The molecule has 0 unspecified atom stereocenters. The van der Waals surface area contributed by atoms with Crippen molar-refractivity contribution in [1.29, 1.82) is 0 Å². The molecule has 0 saturated carbocycles. The molecule has 0 amide bonds. The van der Waals surface area contributed by atoms with E-state index in [0.29, 0.717) is 0 Å². The highest BCUT2D eigenvalue weighted by atomic mass is 14.9. The maximum absolute atomic E-state index is 4.15. The first kappa shape index (κ1) is 16.4. The molecule has 0 bridgehead atoms. The molecule has 0 radical (unpaired) electrons. The van der Waals surface area contributed by atoms with Crippen molar-refractivity contribution >= 4 is 0 Å². The SMILES string of the molecule is Cc1cc(C)cc([C@H](C)N[C@H](c2ccccc2)c2ccncc2)c1. The lowest BCUT2D eigenvalue weighted by atomic mass is 9.96. The fraction of sp³-hybridized carbons (Fsp3) is 0.227. The Kier molecular flexibility index (Phi) is 5.07. The Labute approximate surface area is 144 Å². The maximum atomic E-state index is 4.15. The third kappa shape index (κ3) is 3.90. The van der Waals surface area contributed by atoms with Crippen LogP contribution in [-0.2, 0) is 0 Å². The van der Waals surface area contributed by atoms with Gasteiger partial charge in [-0.3, -0.25) is 10.3 Å². The monoisotopic (exact) mass is 316 g/mol. The molecule has 1 heterocycles. The van der Waals surface area contributed by atoms with Gasteiger partial charge in [-0.05, 0) is 49.6 Å². The molecule has 0 aliphatic carbocycles. The summed E-state index contributed by atoms with van der Waals surface area (Å²) in [6.07, 6.45) is 3.71. The van der Waals surface area contributed by atoms with Crippen LogP contribution in [0.1, 0.15) is 46.8 Å². The molecule has 0 saturated heterocycles. The van der Waals surface area contributed by atoms with Gasteiger partial charge in [-0.2, -0.15) is 0 Å². The number of hydrogen-bond acceptors (Lipinski definition) is 2. The van der Waals surface area contributed by atoms with Crippen LogP contribution >= 0.6 is 0 Å². The van der Waals surface area contributed by atoms with Gasteiger partial charge in [0.1, 0.15) is 0 Å². The van der Waals surface area contributed by atoms with E-state index in [4.69, 9.17) is 0 Å². The molecule has 0 aliphatic rings. The molecule has 24 heavy (non-hydrogen) atoms. The molecule has 2 atom stereocenters. The van der Waals surface area contributed by atoms with Crippen molar-refractivity contribution in [2.75, 3.05) is 0 Å². The minimum absolute atomic E-state index is 0.144. The lowest BCUT2D eigenvalue weighted by Crippen LogP contribution is -2.25. The Morgan fingerprint density at radius 1 is 0.750 bits per heavy atom. The summed E-state index contributed by atoms with van der Waals surface area (Å²) >= 11 is 0. The molecule has 2 aromatic carbocycles. The quantitative estimate of drug-likeness (QED) is 0.705. The van der Waals surface area contributed by atoms with Crippen molar-refractivity contribution in [3.05, 3.63) is 101 Å². The number of rotatable bonds is 5. The van der Waals surface area contributed by atoms with Crippen LogP contribution in [0.25, 0.3) is 0 Å². The van der Waals surface area contributed by atoms with Gasteiger partial charge in [0, 0.05) is 18.4 Å². The average molecular weight is 316 g/mol. The molecule has 3 aromatic rings. The third-order valence-electron chi connectivity index (χ3n) is 4.33. The Morgan fingerprint density at radius 2 is 1.33 bits per heavy atom. The van der Waals surface area contributed by atoms with Crippen LogP contribution in [-0.4, -0.2) is 4.98 Å². The largest absolute Gasteiger partial charge is 0.300 e. The molecule has 1 N–H and O–H groups in total. The molecule has 0 fully saturated rings. The van der Waals surface area contributed by atoms with Crippen molar-refractivity contribution in [2.24, 2.45) is 0 Å². The van der Waals surface area contributed by atoms with E-state index in [1.165, 1.54) is 27.8 Å². The molecule has 0 aliphatic heterocycles. The third-order valence-corrected chi connectivity index (χ3v) is 4.33. The van der Waals surface area contributed by atoms with Crippen molar-refractivity contribution in [3.63, 3.8) is 0 Å². The highest BCUT2D eigenvalue weighted by Crippen LogP contribution is 2.26. The van der Waals surface area contributed by atoms with Gasteiger partial charge in [-0.25, -0.2) is 0 Å². The Bertz CT molecular complexity index is 722. The van der Waals surface area contributed by atoms with Gasteiger partial charge in [0.2, 0.25) is 0 Å². The van der Waals surface area contributed by atoms with Gasteiger partial charge in [-0.15, -0.1) is 0 Å². The second-order valence-corrected chi connectivity index (χ2v) is 6.43. The first-order valence-electron chi connectivity index (χ1n) is 8.42. The highest BCUT2D eigenvalue weighted by Gasteiger charge is 2.17. The van der Waals surface area contributed by atoms with Gasteiger partial charge in [-0.1, -0.05) is 59.7 Å². The molecule has 3 rings (SSSR count). The maximum Gasteiger partial charge on any atom is 0.0582 e. The lowest BCUT2D eigenvalue weighted by molar-refractivity contribution is 0.516. The number of aromatic nitrogens is 1. The number of benzene rings is 2. The van der Waals surface area contributed by atoms with Gasteiger partial charge in [0.05, 0.1) is 6.04 Å². The smallest absolute Gasteiger partial charge is 0.0582 e. The molecule has 122 valence electrons. The number of hydrogen-bond donors (Lipinski definition) is 1. The van der Waals surface area contributed by atoms with E-state index in [1.807, 2.05) is 12.4 Å². The van der Waals surface area contributed by atoms with Crippen molar-refractivity contribution in [3.8, 4) is 0 Å². The topological polar surface area (TPSA) is 24.9 Å². The molecular formula is C22H24N2. The number of nitrogens with one attached hydrogen (secondary N) is 1. The van der Waals surface area contributed by atoms with Gasteiger partial charge >= 0.3 is 0 Å². The van der Waals surface area contributed by atoms with Crippen LogP contribution in [0.3, 0.4) is 0 Å². The molecule has 0 spiro atoms. The minimum Gasteiger partial charge on any atom is -0.300 e. The fourth-order valence-corrected chi connectivity index (χ4v) is 3.19. The second-order valence-electron chi connectivity index (χ2n) is 6.43. The summed E-state index contributed by atoms with van der Waals surface area (Å²) in [5.41, 5.74) is 6.42. The summed E-state index contributed by atoms with van der Waals surface area (Å²) in [5.74, 6) is 0. The van der Waals surface area contributed by atoms with Crippen LogP contribution in [0, 0.1) is 13.8 Å². The van der Waals surface area contributed by atoms with Crippen LogP contribution < -0.4 is 5.32 Å². The standard InChI is InChI=1S/C22H24N2/c1-16-13-17(2)15-21(14-16)18(3)24-22(19-7-5-4-6-8-19)20-9-11-23-12-10-20/h4-15,18,22,24H,1-3H3/t18-,22+/m0/s1. The fourth-order valence-electron chi connectivity index (χ4n) is 3.19. The van der Waals surface area contributed by atoms with E-state index >= 15 is 0 Å². The zero-order chi connectivity index (χ0) is 16.9. The summed E-state index contributed by atoms with van der Waals surface area (Å²) in [6, 6.07) is 21.9. The summed E-state index contributed by atoms with van der Waals surface area (Å²) < 4.78 is 0. The Balaban J connectivity index is 1.92. The Hall–Kier alpha value is -2.45. The van der Waals surface area contributed by atoms with Crippen LogP contribution in [0.5, 0.6) is 0 Å². The van der Waals surface area contributed by atoms with Crippen LogP contribution in [0.15, 0.2) is 73.1 Å². The second kappa shape index (κ2) is 7.41. The first-order valence-corrected chi connectivity index (χ1v) is 8.42.